The van der Waals surface area contributed by atoms with Crippen LogP contribution < -0.4 is 10.1 Å². The van der Waals surface area contributed by atoms with Crippen molar-refractivity contribution < 1.29 is 4.74 Å². The zero-order valence-corrected chi connectivity index (χ0v) is 12.2. The van der Waals surface area contributed by atoms with Crippen molar-refractivity contribution in [3.63, 3.8) is 0 Å². The van der Waals surface area contributed by atoms with Crippen LogP contribution in [0.3, 0.4) is 0 Å². The maximum atomic E-state index is 5.93. The van der Waals surface area contributed by atoms with Crippen LogP contribution in [0.2, 0.25) is 0 Å². The van der Waals surface area contributed by atoms with Crippen LogP contribution in [0.4, 0.5) is 0 Å². The average molecular weight is 262 g/mol. The fourth-order valence-corrected chi connectivity index (χ4v) is 2.52. The first-order valence-electron chi connectivity index (χ1n) is 7.55. The summed E-state index contributed by atoms with van der Waals surface area (Å²) < 4.78 is 5.93. The van der Waals surface area contributed by atoms with E-state index in [2.05, 4.69) is 30.2 Å². The molecule has 3 nitrogen and oxygen atoms in total. The summed E-state index contributed by atoms with van der Waals surface area (Å²) in [6, 6.07) is 4.49. The number of aromatic nitrogens is 1. The van der Waals surface area contributed by atoms with Crippen molar-refractivity contribution in [1.82, 2.24) is 10.3 Å². The van der Waals surface area contributed by atoms with E-state index >= 15 is 0 Å². The third kappa shape index (κ3) is 5.19. The molecule has 19 heavy (non-hydrogen) atoms. The molecule has 1 aliphatic rings. The Hall–Kier alpha value is -1.09. The smallest absolute Gasteiger partial charge is 0.122 e. The van der Waals surface area contributed by atoms with Gasteiger partial charge in [0.15, 0.2) is 0 Å². The summed E-state index contributed by atoms with van der Waals surface area (Å²) in [4.78, 5) is 4.36. The molecule has 0 bridgehead atoms. The highest BCUT2D eigenvalue weighted by Gasteiger charge is 2.14. The monoisotopic (exact) mass is 262 g/mol. The third-order valence-corrected chi connectivity index (χ3v) is 3.69. The molecule has 3 heteroatoms. The second-order valence-electron chi connectivity index (χ2n) is 5.83. The minimum atomic E-state index is 0.480. The van der Waals surface area contributed by atoms with Crippen LogP contribution in [0.25, 0.3) is 0 Å². The van der Waals surface area contributed by atoms with Gasteiger partial charge in [0.2, 0.25) is 0 Å². The number of rotatable bonds is 6. The molecule has 2 rings (SSSR count). The van der Waals surface area contributed by atoms with E-state index in [1.54, 1.807) is 0 Å². The summed E-state index contributed by atoms with van der Waals surface area (Å²) in [7, 11) is 0. The topological polar surface area (TPSA) is 34.1 Å². The first kappa shape index (κ1) is 14.3. The van der Waals surface area contributed by atoms with Crippen LogP contribution in [0.1, 0.15) is 51.6 Å². The molecule has 1 aromatic rings. The Balaban J connectivity index is 1.80. The number of hydrogen-bond donors (Lipinski definition) is 1. The van der Waals surface area contributed by atoms with Gasteiger partial charge in [-0.25, -0.2) is 0 Å². The highest BCUT2D eigenvalue weighted by atomic mass is 16.5. The fourth-order valence-electron chi connectivity index (χ4n) is 2.52. The van der Waals surface area contributed by atoms with Crippen molar-refractivity contribution in [3.05, 3.63) is 24.0 Å². The first-order chi connectivity index (χ1) is 9.24. The summed E-state index contributed by atoms with van der Waals surface area (Å²) in [6.45, 7) is 5.95. The van der Waals surface area contributed by atoms with E-state index in [9.17, 15) is 0 Å². The number of ether oxygens (including phenoxy) is 1. The number of nitrogens with one attached hydrogen (secondary N) is 1. The van der Waals surface area contributed by atoms with Crippen LogP contribution in [-0.4, -0.2) is 17.6 Å². The molecule has 1 aliphatic carbocycles. The van der Waals surface area contributed by atoms with E-state index in [1.165, 1.54) is 32.1 Å². The summed E-state index contributed by atoms with van der Waals surface area (Å²) in [5, 5.41) is 3.38. The van der Waals surface area contributed by atoms with Crippen LogP contribution in [0.5, 0.6) is 5.75 Å². The average Bonchev–Trinajstić information content (AvgIpc) is 2.44. The minimum Gasteiger partial charge on any atom is -0.493 e. The maximum Gasteiger partial charge on any atom is 0.122 e. The highest BCUT2D eigenvalue weighted by Crippen LogP contribution is 2.24. The summed E-state index contributed by atoms with van der Waals surface area (Å²) in [5.74, 6) is 1.71. The maximum absolute atomic E-state index is 5.93. The largest absolute Gasteiger partial charge is 0.493 e. The Morgan fingerprint density at radius 2 is 2.11 bits per heavy atom. The summed E-state index contributed by atoms with van der Waals surface area (Å²) in [6.07, 6.45) is 8.63. The molecular formula is C16H26N2O. The molecule has 106 valence electrons. The van der Waals surface area contributed by atoms with E-state index in [0.29, 0.717) is 6.04 Å². The van der Waals surface area contributed by atoms with Crippen LogP contribution in [-0.2, 0) is 6.54 Å². The number of pyridine rings is 1. The van der Waals surface area contributed by atoms with Gasteiger partial charge in [-0.3, -0.25) is 4.98 Å². The van der Waals surface area contributed by atoms with Crippen molar-refractivity contribution in [2.24, 2.45) is 5.92 Å². The van der Waals surface area contributed by atoms with Gasteiger partial charge in [0.1, 0.15) is 5.75 Å². The molecule has 0 aromatic carbocycles. The molecule has 0 saturated heterocycles. The van der Waals surface area contributed by atoms with Crippen molar-refractivity contribution in [1.29, 1.82) is 0 Å². The van der Waals surface area contributed by atoms with Crippen molar-refractivity contribution in [2.75, 3.05) is 6.61 Å². The molecule has 1 N–H and O–H groups in total. The zero-order chi connectivity index (χ0) is 13.5. The third-order valence-electron chi connectivity index (χ3n) is 3.69. The molecule has 1 aromatic heterocycles. The van der Waals surface area contributed by atoms with Gasteiger partial charge in [-0.05, 0) is 24.8 Å². The predicted octanol–water partition coefficient (Wildman–Crippen LogP) is 3.54. The lowest BCUT2D eigenvalue weighted by molar-refractivity contribution is 0.208. The number of hydrogen-bond acceptors (Lipinski definition) is 3. The van der Waals surface area contributed by atoms with Gasteiger partial charge in [0, 0.05) is 24.8 Å². The van der Waals surface area contributed by atoms with E-state index in [4.69, 9.17) is 4.74 Å². The molecule has 1 heterocycles. The second kappa shape index (κ2) is 7.49. The quantitative estimate of drug-likeness (QED) is 0.851. The molecule has 0 spiro atoms. The van der Waals surface area contributed by atoms with E-state index < -0.39 is 0 Å². The standard InChI is InChI=1S/C16H26N2O/c1-13(2)18-11-15-10-16(8-9-17-15)19-12-14-6-4-3-5-7-14/h8-10,13-14,18H,3-7,11-12H2,1-2H3. The first-order valence-corrected chi connectivity index (χ1v) is 7.55. The lowest BCUT2D eigenvalue weighted by atomic mass is 9.90. The molecular weight excluding hydrogens is 236 g/mol. The van der Waals surface area contributed by atoms with Gasteiger partial charge < -0.3 is 10.1 Å². The minimum absolute atomic E-state index is 0.480. The van der Waals surface area contributed by atoms with Crippen LogP contribution in [0, 0.1) is 5.92 Å². The molecule has 0 radical (unpaired) electrons. The van der Waals surface area contributed by atoms with E-state index in [-0.39, 0.29) is 0 Å². The van der Waals surface area contributed by atoms with Crippen LogP contribution in [0.15, 0.2) is 18.3 Å². The van der Waals surface area contributed by atoms with Gasteiger partial charge in [-0.2, -0.15) is 0 Å². The Morgan fingerprint density at radius 3 is 2.84 bits per heavy atom. The van der Waals surface area contributed by atoms with E-state index in [1.807, 2.05) is 12.3 Å². The van der Waals surface area contributed by atoms with E-state index in [0.717, 1.165) is 30.5 Å². The normalized spacial score (nSPS) is 16.8. The fraction of sp³-hybridized carbons (Fsp3) is 0.688. The molecule has 0 unspecified atom stereocenters. The SMILES string of the molecule is CC(C)NCc1cc(OCC2CCCCC2)ccn1. The summed E-state index contributed by atoms with van der Waals surface area (Å²) in [5.41, 5.74) is 1.05. The van der Waals surface area contributed by atoms with Gasteiger partial charge in [0.05, 0.1) is 12.3 Å². The van der Waals surface area contributed by atoms with Gasteiger partial charge in [0.25, 0.3) is 0 Å². The highest BCUT2D eigenvalue weighted by molar-refractivity contribution is 5.22. The summed E-state index contributed by atoms with van der Waals surface area (Å²) >= 11 is 0. The molecule has 0 amide bonds. The van der Waals surface area contributed by atoms with Crippen molar-refractivity contribution >= 4 is 0 Å². The molecule has 1 fully saturated rings. The lowest BCUT2D eigenvalue weighted by Gasteiger charge is -2.21. The predicted molar refractivity (Wildman–Crippen MR) is 78.3 cm³/mol. The van der Waals surface area contributed by atoms with Gasteiger partial charge in [-0.15, -0.1) is 0 Å². The Labute approximate surface area is 116 Å². The molecule has 0 atom stereocenters. The second-order valence-corrected chi connectivity index (χ2v) is 5.83. The number of nitrogens with zero attached hydrogens (tertiary/aromatic N) is 1. The Bertz CT molecular complexity index is 373. The lowest BCUT2D eigenvalue weighted by Crippen LogP contribution is -2.22. The van der Waals surface area contributed by atoms with Crippen LogP contribution >= 0.6 is 0 Å². The van der Waals surface area contributed by atoms with Gasteiger partial charge in [-0.1, -0.05) is 33.1 Å². The zero-order valence-electron chi connectivity index (χ0n) is 12.2. The Kier molecular flexibility index (Phi) is 5.64. The molecule has 0 aliphatic heterocycles. The van der Waals surface area contributed by atoms with Crippen molar-refractivity contribution in [2.45, 2.75) is 58.5 Å². The Morgan fingerprint density at radius 1 is 1.32 bits per heavy atom. The van der Waals surface area contributed by atoms with Gasteiger partial charge >= 0.3 is 0 Å². The van der Waals surface area contributed by atoms with Crippen molar-refractivity contribution in [3.8, 4) is 5.75 Å². The molecule has 1 saturated carbocycles.